The zero-order valence-corrected chi connectivity index (χ0v) is 13.0. The lowest BCUT2D eigenvalue weighted by molar-refractivity contribution is 0.0912. The van der Waals surface area contributed by atoms with E-state index in [-0.39, 0.29) is 28.9 Å². The highest BCUT2D eigenvalue weighted by atomic mass is 19.1. The van der Waals surface area contributed by atoms with E-state index < -0.39 is 18.8 Å². The van der Waals surface area contributed by atoms with E-state index in [4.69, 9.17) is 14.5 Å². The minimum atomic E-state index is -1.75. The number of rotatable bonds is 4. The maximum Gasteiger partial charge on any atom is 0.488 e. The molecule has 0 bridgehead atoms. The van der Waals surface area contributed by atoms with Gasteiger partial charge in [0.1, 0.15) is 5.82 Å². The van der Waals surface area contributed by atoms with E-state index in [2.05, 4.69) is 15.5 Å². The number of halogens is 1. The highest BCUT2D eigenvalue weighted by Gasteiger charge is 2.24. The summed E-state index contributed by atoms with van der Waals surface area (Å²) in [6, 6.07) is 3.72. The van der Waals surface area contributed by atoms with Gasteiger partial charge in [-0.1, -0.05) is 32.9 Å². The summed E-state index contributed by atoms with van der Waals surface area (Å²) < 4.78 is 19.1. The molecule has 122 valence electrons. The van der Waals surface area contributed by atoms with Crippen LogP contribution in [0.25, 0.3) is 0 Å². The van der Waals surface area contributed by atoms with Crippen LogP contribution in [0.15, 0.2) is 22.6 Å². The summed E-state index contributed by atoms with van der Waals surface area (Å²) in [7, 11) is -1.75. The predicted octanol–water partition coefficient (Wildman–Crippen LogP) is 0.116. The van der Waals surface area contributed by atoms with Gasteiger partial charge in [0, 0.05) is 17.5 Å². The Kier molecular flexibility index (Phi) is 4.81. The topological polar surface area (TPSA) is 108 Å². The minimum Gasteiger partial charge on any atom is -0.423 e. The summed E-state index contributed by atoms with van der Waals surface area (Å²) in [6.07, 6.45) is 0. The van der Waals surface area contributed by atoms with Crippen molar-refractivity contribution in [3.05, 3.63) is 41.4 Å². The molecule has 0 fully saturated rings. The van der Waals surface area contributed by atoms with Crippen LogP contribution >= 0.6 is 0 Å². The van der Waals surface area contributed by atoms with Gasteiger partial charge in [0.05, 0.1) is 0 Å². The zero-order chi connectivity index (χ0) is 17.2. The van der Waals surface area contributed by atoms with Gasteiger partial charge in [-0.05, 0) is 11.5 Å². The van der Waals surface area contributed by atoms with Crippen molar-refractivity contribution in [2.24, 2.45) is 0 Å². The number of carbonyl (C=O) groups excluding carboxylic acids is 1. The molecule has 9 heteroatoms. The Labute approximate surface area is 132 Å². The van der Waals surface area contributed by atoms with Crippen molar-refractivity contribution in [1.29, 1.82) is 0 Å². The third-order valence-electron chi connectivity index (χ3n) is 3.08. The van der Waals surface area contributed by atoms with Crippen molar-refractivity contribution in [2.45, 2.75) is 32.7 Å². The second-order valence-electron chi connectivity index (χ2n) is 6.07. The molecule has 1 amide bonds. The van der Waals surface area contributed by atoms with Gasteiger partial charge >= 0.3 is 18.9 Å². The smallest absolute Gasteiger partial charge is 0.423 e. The van der Waals surface area contributed by atoms with Gasteiger partial charge in [-0.3, -0.25) is 4.79 Å². The van der Waals surface area contributed by atoms with Crippen molar-refractivity contribution >= 4 is 18.5 Å². The van der Waals surface area contributed by atoms with Crippen LogP contribution in [-0.4, -0.2) is 33.3 Å². The fourth-order valence-corrected chi connectivity index (χ4v) is 1.74. The normalized spacial score (nSPS) is 11.4. The Bertz CT molecular complexity index is 712. The molecule has 3 N–H and O–H groups in total. The van der Waals surface area contributed by atoms with Crippen LogP contribution in [0.5, 0.6) is 0 Å². The Morgan fingerprint density at radius 3 is 2.57 bits per heavy atom. The quantitative estimate of drug-likeness (QED) is 0.690. The molecule has 2 aromatic rings. The molecule has 1 aromatic heterocycles. The summed E-state index contributed by atoms with van der Waals surface area (Å²) in [5.41, 5.74) is -0.152. The SMILES string of the molecule is CC(C)(C)c1nnc(C(=O)NCc2ccc(B(O)O)cc2F)o1. The summed E-state index contributed by atoms with van der Waals surface area (Å²) in [6.45, 7) is 5.51. The number of nitrogens with zero attached hydrogens (tertiary/aromatic N) is 2. The van der Waals surface area contributed by atoms with Crippen LogP contribution in [-0.2, 0) is 12.0 Å². The van der Waals surface area contributed by atoms with Gasteiger partial charge in [0.15, 0.2) is 0 Å². The molecule has 0 saturated carbocycles. The minimum absolute atomic E-state index is 0.0318. The van der Waals surface area contributed by atoms with E-state index in [9.17, 15) is 9.18 Å². The summed E-state index contributed by atoms with van der Waals surface area (Å²) >= 11 is 0. The molecule has 1 aromatic carbocycles. The van der Waals surface area contributed by atoms with Gasteiger partial charge in [-0.2, -0.15) is 0 Å². The van der Waals surface area contributed by atoms with Crippen molar-refractivity contribution in [3.8, 4) is 0 Å². The van der Waals surface area contributed by atoms with Crippen molar-refractivity contribution in [1.82, 2.24) is 15.5 Å². The molecule has 23 heavy (non-hydrogen) atoms. The van der Waals surface area contributed by atoms with E-state index in [0.717, 1.165) is 6.07 Å². The molecule has 0 spiro atoms. The number of hydrogen-bond acceptors (Lipinski definition) is 6. The molecule has 0 aliphatic rings. The number of carbonyl (C=O) groups is 1. The van der Waals surface area contributed by atoms with Gasteiger partial charge in [-0.25, -0.2) is 4.39 Å². The molecule has 7 nitrogen and oxygen atoms in total. The first-order chi connectivity index (χ1) is 10.7. The van der Waals surface area contributed by atoms with E-state index in [1.54, 1.807) is 0 Å². The number of amides is 1. The summed E-state index contributed by atoms with van der Waals surface area (Å²) in [5, 5.41) is 27.9. The zero-order valence-electron chi connectivity index (χ0n) is 13.0. The number of aromatic nitrogens is 2. The molecule has 2 rings (SSSR count). The van der Waals surface area contributed by atoms with Crippen LogP contribution < -0.4 is 10.8 Å². The first-order valence-corrected chi connectivity index (χ1v) is 6.95. The lowest BCUT2D eigenvalue weighted by Crippen LogP contribution is -2.31. The molecule has 0 aliphatic heterocycles. The van der Waals surface area contributed by atoms with E-state index in [1.165, 1.54) is 12.1 Å². The van der Waals surface area contributed by atoms with Crippen LogP contribution in [0.1, 0.15) is 42.9 Å². The van der Waals surface area contributed by atoms with Gasteiger partial charge in [0.25, 0.3) is 0 Å². The molecule has 0 aliphatic carbocycles. The first kappa shape index (κ1) is 17.1. The first-order valence-electron chi connectivity index (χ1n) is 6.95. The molecule has 0 saturated heterocycles. The Morgan fingerprint density at radius 1 is 1.35 bits per heavy atom. The lowest BCUT2D eigenvalue weighted by Gasteiger charge is -2.11. The summed E-state index contributed by atoms with van der Waals surface area (Å²) in [5.74, 6) is -1.14. The fourth-order valence-electron chi connectivity index (χ4n) is 1.74. The van der Waals surface area contributed by atoms with Crippen LogP contribution in [0.2, 0.25) is 0 Å². The molecule has 0 unspecified atom stereocenters. The average Bonchev–Trinajstić information content (AvgIpc) is 2.95. The molecule has 1 heterocycles. The highest BCUT2D eigenvalue weighted by Crippen LogP contribution is 2.20. The molecular formula is C14H17BFN3O4. The number of benzene rings is 1. The monoisotopic (exact) mass is 321 g/mol. The lowest BCUT2D eigenvalue weighted by atomic mass is 9.80. The van der Waals surface area contributed by atoms with Crippen LogP contribution in [0, 0.1) is 5.82 Å². The second-order valence-corrected chi connectivity index (χ2v) is 6.07. The maximum atomic E-state index is 13.8. The van der Waals surface area contributed by atoms with E-state index >= 15 is 0 Å². The Morgan fingerprint density at radius 2 is 2.04 bits per heavy atom. The molecule has 0 radical (unpaired) electrons. The Balaban J connectivity index is 2.03. The third kappa shape index (κ3) is 4.14. The van der Waals surface area contributed by atoms with Crippen LogP contribution in [0.4, 0.5) is 4.39 Å². The number of nitrogens with one attached hydrogen (secondary N) is 1. The number of hydrogen-bond donors (Lipinski definition) is 3. The standard InChI is InChI=1S/C14H17BFN3O4/c1-14(2,3)13-19-18-12(23-13)11(20)17-7-8-4-5-9(15(21)22)6-10(8)16/h4-6,21-22H,7H2,1-3H3,(H,17,20). The average molecular weight is 321 g/mol. The Hall–Kier alpha value is -2.26. The molecular weight excluding hydrogens is 304 g/mol. The predicted molar refractivity (Wildman–Crippen MR) is 80.4 cm³/mol. The third-order valence-corrected chi connectivity index (χ3v) is 3.08. The van der Waals surface area contributed by atoms with Gasteiger partial charge in [-0.15, -0.1) is 10.2 Å². The van der Waals surface area contributed by atoms with E-state index in [0.29, 0.717) is 5.89 Å². The fraction of sp³-hybridized carbons (Fsp3) is 0.357. The van der Waals surface area contributed by atoms with Gasteiger partial charge < -0.3 is 19.8 Å². The van der Waals surface area contributed by atoms with Crippen molar-refractivity contribution in [3.63, 3.8) is 0 Å². The largest absolute Gasteiger partial charge is 0.488 e. The maximum absolute atomic E-state index is 13.8. The molecule has 0 atom stereocenters. The van der Waals surface area contributed by atoms with E-state index in [1.807, 2.05) is 20.8 Å². The van der Waals surface area contributed by atoms with Crippen molar-refractivity contribution < 1.29 is 23.7 Å². The second kappa shape index (κ2) is 6.47. The summed E-state index contributed by atoms with van der Waals surface area (Å²) in [4.78, 5) is 11.9. The highest BCUT2D eigenvalue weighted by molar-refractivity contribution is 6.58. The van der Waals surface area contributed by atoms with Crippen molar-refractivity contribution in [2.75, 3.05) is 0 Å². The van der Waals surface area contributed by atoms with Gasteiger partial charge in [0.2, 0.25) is 5.89 Å². The van der Waals surface area contributed by atoms with Crippen LogP contribution in [0.3, 0.4) is 0 Å².